The minimum absolute atomic E-state index is 0.150. The van der Waals surface area contributed by atoms with Crippen LogP contribution in [0.4, 0.5) is 0 Å². The lowest BCUT2D eigenvalue weighted by Gasteiger charge is -2.26. The van der Waals surface area contributed by atoms with Crippen molar-refractivity contribution in [2.45, 2.75) is 38.8 Å². The molecule has 1 aromatic rings. The van der Waals surface area contributed by atoms with Gasteiger partial charge in [-0.25, -0.2) is 0 Å². The first-order valence-electron chi connectivity index (χ1n) is 6.56. The van der Waals surface area contributed by atoms with Crippen LogP contribution in [-0.4, -0.2) is 23.3 Å². The van der Waals surface area contributed by atoms with Crippen molar-refractivity contribution < 1.29 is 4.79 Å². The van der Waals surface area contributed by atoms with Crippen molar-refractivity contribution in [1.82, 2.24) is 4.90 Å². The first kappa shape index (κ1) is 11.0. The van der Waals surface area contributed by atoms with Crippen LogP contribution < -0.4 is 0 Å². The monoisotopic (exact) mass is 229 g/mol. The van der Waals surface area contributed by atoms with E-state index in [9.17, 15) is 4.79 Å². The molecule has 1 aliphatic heterocycles. The summed E-state index contributed by atoms with van der Waals surface area (Å²) in [5.74, 6) is 1.10. The van der Waals surface area contributed by atoms with E-state index in [1.165, 1.54) is 31.4 Å². The summed E-state index contributed by atoms with van der Waals surface area (Å²) in [7, 11) is 0. The number of benzene rings is 1. The van der Waals surface area contributed by atoms with Crippen LogP contribution in [0.5, 0.6) is 0 Å². The van der Waals surface area contributed by atoms with Crippen molar-refractivity contribution in [3.8, 4) is 0 Å². The topological polar surface area (TPSA) is 20.3 Å². The zero-order chi connectivity index (χ0) is 11.8. The van der Waals surface area contributed by atoms with Crippen molar-refractivity contribution in [2.75, 3.05) is 6.54 Å². The third kappa shape index (κ3) is 2.14. The maximum absolute atomic E-state index is 11.2. The number of hydrogen-bond acceptors (Lipinski definition) is 2. The molecule has 0 aromatic heterocycles. The van der Waals surface area contributed by atoms with Gasteiger partial charge in [0.25, 0.3) is 0 Å². The summed E-state index contributed by atoms with van der Waals surface area (Å²) in [5, 5.41) is 0. The summed E-state index contributed by atoms with van der Waals surface area (Å²) in [5.41, 5.74) is 2.15. The fourth-order valence-corrected chi connectivity index (χ4v) is 3.30. The first-order chi connectivity index (χ1) is 8.22. The second-order valence-corrected chi connectivity index (χ2v) is 5.52. The second kappa shape index (κ2) is 4.26. The minimum Gasteiger partial charge on any atom is -0.296 e. The first-order valence-corrected chi connectivity index (χ1v) is 6.56. The number of Topliss-reactive ketones (excluding diaryl/α,β-unsaturated/α-hetero) is 1. The average Bonchev–Trinajstić information content (AvgIpc) is 2.91. The third-order valence-corrected chi connectivity index (χ3v) is 4.27. The van der Waals surface area contributed by atoms with Gasteiger partial charge in [0.15, 0.2) is 5.78 Å². The molecule has 3 rings (SSSR count). The van der Waals surface area contributed by atoms with Crippen LogP contribution in [0.1, 0.15) is 42.1 Å². The predicted molar refractivity (Wildman–Crippen MR) is 68.0 cm³/mol. The summed E-state index contributed by atoms with van der Waals surface area (Å²) >= 11 is 0. The molecular weight excluding hydrogens is 210 g/mol. The van der Waals surface area contributed by atoms with Crippen LogP contribution in [0, 0.1) is 5.92 Å². The van der Waals surface area contributed by atoms with Gasteiger partial charge in [-0.1, -0.05) is 24.3 Å². The van der Waals surface area contributed by atoms with Gasteiger partial charge in [-0.3, -0.25) is 9.69 Å². The Bertz CT molecular complexity index is 423. The minimum atomic E-state index is 0.150. The van der Waals surface area contributed by atoms with Gasteiger partial charge in [-0.15, -0.1) is 0 Å². The zero-order valence-electron chi connectivity index (χ0n) is 10.4. The molecule has 1 aromatic carbocycles. The highest BCUT2D eigenvalue weighted by molar-refractivity contribution is 5.93. The Balaban J connectivity index is 1.67. The number of carbonyl (C=O) groups is 1. The molecule has 1 aliphatic carbocycles. The average molecular weight is 229 g/mol. The van der Waals surface area contributed by atoms with E-state index in [-0.39, 0.29) is 5.78 Å². The lowest BCUT2D eigenvalue weighted by atomic mass is 10.1. The molecular formula is C15H19NO. The molecule has 0 radical (unpaired) electrons. The van der Waals surface area contributed by atoms with Crippen LogP contribution in [0.3, 0.4) is 0 Å². The Hall–Kier alpha value is -1.15. The van der Waals surface area contributed by atoms with E-state index in [2.05, 4.69) is 17.0 Å². The Labute approximate surface area is 103 Å². The molecule has 2 atom stereocenters. The van der Waals surface area contributed by atoms with Gasteiger partial charge in [-0.05, 0) is 37.7 Å². The highest BCUT2D eigenvalue weighted by atomic mass is 16.1. The molecule has 2 heteroatoms. The Kier molecular flexibility index (Phi) is 2.75. The molecule has 2 nitrogen and oxygen atoms in total. The van der Waals surface area contributed by atoms with Gasteiger partial charge >= 0.3 is 0 Å². The molecule has 1 heterocycles. The number of fused-ring (bicyclic) bond motifs is 2. The summed E-state index contributed by atoms with van der Waals surface area (Å²) in [6.07, 6.45) is 4.23. The maximum Gasteiger partial charge on any atom is 0.159 e. The van der Waals surface area contributed by atoms with Crippen LogP contribution in [0.2, 0.25) is 0 Å². The summed E-state index contributed by atoms with van der Waals surface area (Å²) in [6.45, 7) is 3.95. The molecule has 2 bridgehead atoms. The van der Waals surface area contributed by atoms with Gasteiger partial charge in [0.1, 0.15) is 0 Å². The molecule has 0 amide bonds. The molecule has 2 fully saturated rings. The Morgan fingerprint density at radius 1 is 1.29 bits per heavy atom. The molecule has 1 saturated heterocycles. The van der Waals surface area contributed by atoms with E-state index < -0.39 is 0 Å². The normalized spacial score (nSPS) is 27.6. The molecule has 2 unspecified atom stereocenters. The van der Waals surface area contributed by atoms with Crippen LogP contribution in [0.25, 0.3) is 0 Å². The lowest BCUT2D eigenvalue weighted by Crippen LogP contribution is -2.31. The quantitative estimate of drug-likeness (QED) is 0.743. The second-order valence-electron chi connectivity index (χ2n) is 5.52. The number of carbonyl (C=O) groups excluding carboxylic acids is 1. The summed E-state index contributed by atoms with van der Waals surface area (Å²) < 4.78 is 0. The standard InChI is InChI=1S/C15H19NO/c1-11(17)14-5-2-12(3-6-14)9-16-10-13-4-7-15(16)8-13/h2-3,5-6,13,15H,4,7-10H2,1H3. The molecule has 1 saturated carbocycles. The van der Waals surface area contributed by atoms with Crippen molar-refractivity contribution in [3.05, 3.63) is 35.4 Å². The van der Waals surface area contributed by atoms with Gasteiger partial charge in [0.05, 0.1) is 0 Å². The van der Waals surface area contributed by atoms with Crippen LogP contribution >= 0.6 is 0 Å². The SMILES string of the molecule is CC(=O)c1ccc(CN2CC3CCC2C3)cc1. The number of likely N-dealkylation sites (tertiary alicyclic amines) is 1. The highest BCUT2D eigenvalue weighted by Gasteiger charge is 2.37. The van der Waals surface area contributed by atoms with Crippen molar-refractivity contribution in [3.63, 3.8) is 0 Å². The summed E-state index contributed by atoms with van der Waals surface area (Å²) in [6, 6.07) is 8.93. The van der Waals surface area contributed by atoms with Crippen molar-refractivity contribution in [2.24, 2.45) is 5.92 Å². The van der Waals surface area contributed by atoms with Gasteiger partial charge in [0.2, 0.25) is 0 Å². The van der Waals surface area contributed by atoms with E-state index in [0.29, 0.717) is 0 Å². The summed E-state index contributed by atoms with van der Waals surface area (Å²) in [4.78, 5) is 13.8. The van der Waals surface area contributed by atoms with Gasteiger partial charge < -0.3 is 0 Å². The predicted octanol–water partition coefficient (Wildman–Crippen LogP) is 2.87. The largest absolute Gasteiger partial charge is 0.296 e. The zero-order valence-corrected chi connectivity index (χ0v) is 10.4. The smallest absolute Gasteiger partial charge is 0.159 e. The van der Waals surface area contributed by atoms with Crippen LogP contribution in [0.15, 0.2) is 24.3 Å². The van der Waals surface area contributed by atoms with Crippen molar-refractivity contribution in [1.29, 1.82) is 0 Å². The fraction of sp³-hybridized carbons (Fsp3) is 0.533. The number of rotatable bonds is 3. The lowest BCUT2D eigenvalue weighted by molar-refractivity contribution is 0.101. The van der Waals surface area contributed by atoms with Crippen molar-refractivity contribution >= 4 is 5.78 Å². The molecule has 90 valence electrons. The van der Waals surface area contributed by atoms with E-state index in [0.717, 1.165) is 24.1 Å². The Morgan fingerprint density at radius 2 is 2.06 bits per heavy atom. The molecule has 0 spiro atoms. The van der Waals surface area contributed by atoms with Crippen LogP contribution in [-0.2, 0) is 6.54 Å². The third-order valence-electron chi connectivity index (χ3n) is 4.27. The van der Waals surface area contributed by atoms with E-state index in [1.54, 1.807) is 6.92 Å². The number of ketones is 1. The van der Waals surface area contributed by atoms with E-state index in [4.69, 9.17) is 0 Å². The number of nitrogens with zero attached hydrogens (tertiary/aromatic N) is 1. The van der Waals surface area contributed by atoms with E-state index in [1.807, 2.05) is 12.1 Å². The number of hydrogen-bond donors (Lipinski definition) is 0. The highest BCUT2D eigenvalue weighted by Crippen LogP contribution is 2.38. The molecule has 17 heavy (non-hydrogen) atoms. The van der Waals surface area contributed by atoms with Gasteiger partial charge in [-0.2, -0.15) is 0 Å². The fourth-order valence-electron chi connectivity index (χ4n) is 3.30. The maximum atomic E-state index is 11.2. The Morgan fingerprint density at radius 3 is 2.59 bits per heavy atom. The number of piperidine rings is 1. The molecule has 2 aliphatic rings. The van der Waals surface area contributed by atoms with E-state index >= 15 is 0 Å². The van der Waals surface area contributed by atoms with Gasteiger partial charge in [0, 0.05) is 24.7 Å². The molecule has 0 N–H and O–H groups in total.